The van der Waals surface area contributed by atoms with Gasteiger partial charge in [-0.3, -0.25) is 0 Å². The third kappa shape index (κ3) is 6.22. The van der Waals surface area contributed by atoms with Crippen LogP contribution in [0.15, 0.2) is 133 Å². The average molecular weight is 803 g/mol. The van der Waals surface area contributed by atoms with E-state index >= 15 is 0 Å². The highest BCUT2D eigenvalue weighted by molar-refractivity contribution is 6.36. The van der Waals surface area contributed by atoms with E-state index < -0.39 is 47.0 Å². The molecule has 9 aromatic carbocycles. The Kier molecular flexibility index (Phi) is 8.10. The van der Waals surface area contributed by atoms with E-state index in [2.05, 4.69) is 0 Å². The summed E-state index contributed by atoms with van der Waals surface area (Å²) in [5, 5.41) is 6.21. The monoisotopic (exact) mass is 802 g/mol. The van der Waals surface area contributed by atoms with Gasteiger partial charge in [-0.2, -0.15) is 52.7 Å². The lowest BCUT2D eigenvalue weighted by Gasteiger charge is -2.22. The van der Waals surface area contributed by atoms with E-state index in [-0.39, 0.29) is 0 Å². The van der Waals surface area contributed by atoms with Crippen LogP contribution in [0.25, 0.3) is 87.6 Å². The molecule has 0 atom stereocenters. The van der Waals surface area contributed by atoms with Gasteiger partial charge in [0.05, 0.1) is 22.3 Å². The van der Waals surface area contributed by atoms with Crippen LogP contribution in [-0.2, 0) is 24.7 Å². The molecule has 0 spiro atoms. The molecule has 9 rings (SSSR count). The first-order chi connectivity index (χ1) is 27.3. The minimum absolute atomic E-state index is 0.408. The second-order valence-corrected chi connectivity index (χ2v) is 14.1. The van der Waals surface area contributed by atoms with Crippen molar-refractivity contribution < 1.29 is 52.7 Å². The van der Waals surface area contributed by atoms with E-state index in [0.717, 1.165) is 91.6 Å². The van der Waals surface area contributed by atoms with E-state index in [1.807, 2.05) is 12.1 Å². The number of fused-ring (bicyclic) bond motifs is 8. The van der Waals surface area contributed by atoms with Gasteiger partial charge in [-0.1, -0.05) is 48.5 Å². The van der Waals surface area contributed by atoms with Gasteiger partial charge in [0.2, 0.25) is 0 Å². The van der Waals surface area contributed by atoms with Crippen molar-refractivity contribution in [3.05, 3.63) is 156 Å². The quantitative estimate of drug-likeness (QED) is 0.156. The molecular formula is C46H22F12. The smallest absolute Gasteiger partial charge is 0.166 e. The van der Waals surface area contributed by atoms with Crippen molar-refractivity contribution >= 4 is 43.1 Å². The number of benzene rings is 7. The lowest BCUT2D eigenvalue weighted by atomic mass is 9.81. The van der Waals surface area contributed by atoms with Crippen LogP contribution in [0.2, 0.25) is 0 Å². The number of hydrogen-bond donors (Lipinski definition) is 0. The van der Waals surface area contributed by atoms with Crippen LogP contribution in [0.4, 0.5) is 52.7 Å². The van der Waals surface area contributed by atoms with Gasteiger partial charge < -0.3 is 0 Å². The number of hydrogen-bond acceptors (Lipinski definition) is 0. The van der Waals surface area contributed by atoms with Crippen molar-refractivity contribution in [1.82, 2.24) is 0 Å². The summed E-state index contributed by atoms with van der Waals surface area (Å²) < 4.78 is 161. The molecule has 9 aromatic rings. The standard InChI is InChI=1S/C46H22F12/c47-43(48,49)27-9-1-23(2-10-27)31-17-35-36(18-32(31)24-3-11-28(12-4-24)44(50,51)52)40-22-42-38-20-34(26-7-15-30(16-8-26)46(56,57)58)33(19-37(38)41(42)21-39(35)40)25-5-13-29(14-6-25)45(53,54)55/h1-22H. The summed E-state index contributed by atoms with van der Waals surface area (Å²) in [5.74, 6) is 0. The number of alkyl halides is 12. The second kappa shape index (κ2) is 12.6. The molecule has 0 saturated heterocycles. The van der Waals surface area contributed by atoms with Crippen LogP contribution in [0, 0.1) is 0 Å². The molecular weight excluding hydrogens is 780 g/mol. The second-order valence-electron chi connectivity index (χ2n) is 14.1. The Morgan fingerprint density at radius 2 is 0.362 bits per heavy atom. The van der Waals surface area contributed by atoms with Crippen LogP contribution in [0.3, 0.4) is 0 Å². The predicted molar refractivity (Wildman–Crippen MR) is 201 cm³/mol. The van der Waals surface area contributed by atoms with E-state index in [0.29, 0.717) is 44.5 Å². The molecule has 0 saturated carbocycles. The van der Waals surface area contributed by atoms with Gasteiger partial charge in [-0.05, 0) is 173 Å². The summed E-state index contributed by atoms with van der Waals surface area (Å²) in [4.78, 5) is 0. The summed E-state index contributed by atoms with van der Waals surface area (Å²) in [5.41, 5.74) is 0.144. The maximum absolute atomic E-state index is 13.4. The molecule has 0 unspecified atom stereocenters. The molecule has 0 amide bonds. The Labute approximate surface area is 320 Å². The van der Waals surface area contributed by atoms with Crippen LogP contribution in [-0.4, -0.2) is 0 Å². The highest BCUT2D eigenvalue weighted by Crippen LogP contribution is 2.50. The van der Waals surface area contributed by atoms with Crippen molar-refractivity contribution in [3.63, 3.8) is 0 Å². The molecule has 0 aliphatic heterocycles. The first-order valence-corrected chi connectivity index (χ1v) is 17.5. The third-order valence-electron chi connectivity index (χ3n) is 10.7. The van der Waals surface area contributed by atoms with Crippen LogP contribution in [0.1, 0.15) is 22.3 Å². The van der Waals surface area contributed by atoms with Gasteiger partial charge in [0.25, 0.3) is 0 Å². The lowest BCUT2D eigenvalue weighted by molar-refractivity contribution is -0.138. The molecule has 0 bridgehead atoms. The normalized spacial score (nSPS) is 13.2. The zero-order chi connectivity index (χ0) is 41.1. The topological polar surface area (TPSA) is 0 Å². The summed E-state index contributed by atoms with van der Waals surface area (Å²) in [7, 11) is 0. The molecule has 0 aliphatic rings. The Balaban J connectivity index is 1.23. The van der Waals surface area contributed by atoms with Gasteiger partial charge in [0.15, 0.2) is 0 Å². The van der Waals surface area contributed by atoms with Crippen molar-refractivity contribution in [2.75, 3.05) is 0 Å². The third-order valence-corrected chi connectivity index (χ3v) is 10.7. The highest BCUT2D eigenvalue weighted by Gasteiger charge is 2.33. The molecule has 290 valence electrons. The SMILES string of the molecule is FC(F)(F)c1ccc(-c2cc3c(cc2-c2ccc(C(F)(F)F)cc2)c2cc4c5cc(-c6ccc(C(F)(F)F)cc6)c(-c6ccc(C(F)(F)F)cc6)cc5c4cc32)cc1. The van der Waals surface area contributed by atoms with Gasteiger partial charge in [0.1, 0.15) is 0 Å². The molecule has 0 radical (unpaired) electrons. The van der Waals surface area contributed by atoms with Gasteiger partial charge >= 0.3 is 24.7 Å². The van der Waals surface area contributed by atoms with E-state index in [1.54, 1.807) is 24.3 Å². The summed E-state index contributed by atoms with van der Waals surface area (Å²) in [6.07, 6.45) is -18.3. The zero-order valence-corrected chi connectivity index (χ0v) is 29.2. The fourth-order valence-corrected chi connectivity index (χ4v) is 7.77. The summed E-state index contributed by atoms with van der Waals surface area (Å²) in [6.45, 7) is 0. The Morgan fingerprint density at radius 1 is 0.207 bits per heavy atom. The zero-order valence-electron chi connectivity index (χ0n) is 29.2. The van der Waals surface area contributed by atoms with Gasteiger partial charge in [-0.25, -0.2) is 0 Å². The molecule has 0 heterocycles. The van der Waals surface area contributed by atoms with Crippen LogP contribution >= 0.6 is 0 Å². The predicted octanol–water partition coefficient (Wildman–Crippen LogP) is 15.9. The average Bonchev–Trinajstić information content (AvgIpc) is 3.17. The van der Waals surface area contributed by atoms with E-state index in [1.165, 1.54) is 48.5 Å². The molecule has 0 N–H and O–H groups in total. The molecule has 12 heteroatoms. The first-order valence-electron chi connectivity index (χ1n) is 17.5. The maximum Gasteiger partial charge on any atom is 0.416 e. The number of halogens is 12. The van der Waals surface area contributed by atoms with Crippen LogP contribution in [0.5, 0.6) is 0 Å². The molecule has 0 aromatic heterocycles. The summed E-state index contributed by atoms with van der Waals surface area (Å²) >= 11 is 0. The minimum atomic E-state index is -4.59. The number of rotatable bonds is 4. The molecule has 0 aliphatic carbocycles. The molecule has 0 nitrogen and oxygen atoms in total. The Hall–Kier alpha value is -6.30. The minimum Gasteiger partial charge on any atom is -0.166 e. The van der Waals surface area contributed by atoms with Crippen molar-refractivity contribution in [1.29, 1.82) is 0 Å². The maximum atomic E-state index is 13.4. The van der Waals surface area contributed by atoms with E-state index in [9.17, 15) is 52.7 Å². The highest BCUT2D eigenvalue weighted by atomic mass is 19.4. The van der Waals surface area contributed by atoms with Gasteiger partial charge in [-0.15, -0.1) is 0 Å². The molecule has 0 fully saturated rings. The lowest BCUT2D eigenvalue weighted by Crippen LogP contribution is -2.04. The fourth-order valence-electron chi connectivity index (χ4n) is 7.77. The van der Waals surface area contributed by atoms with Gasteiger partial charge in [0, 0.05) is 0 Å². The Bertz CT molecular complexity index is 2580. The van der Waals surface area contributed by atoms with Crippen molar-refractivity contribution in [3.8, 4) is 44.5 Å². The molecule has 58 heavy (non-hydrogen) atoms. The van der Waals surface area contributed by atoms with Crippen molar-refractivity contribution in [2.45, 2.75) is 24.7 Å². The first kappa shape index (κ1) is 37.3. The fraction of sp³-hybridized carbons (Fsp3) is 0.0870. The van der Waals surface area contributed by atoms with Crippen LogP contribution < -0.4 is 0 Å². The summed E-state index contributed by atoms with van der Waals surface area (Å²) in [6, 6.07) is 29.0. The van der Waals surface area contributed by atoms with Crippen molar-refractivity contribution in [2.24, 2.45) is 0 Å². The Morgan fingerprint density at radius 3 is 0.517 bits per heavy atom. The largest absolute Gasteiger partial charge is 0.416 e. The van der Waals surface area contributed by atoms with E-state index in [4.69, 9.17) is 0 Å².